The number of nitrogens with one attached hydrogen (secondary N) is 1. The second kappa shape index (κ2) is 6.35. The molecule has 78 valence electrons. The van der Waals surface area contributed by atoms with Crippen LogP contribution in [0.25, 0.3) is 0 Å². The number of hydrogen-bond donors (Lipinski definition) is 2. The molecule has 0 radical (unpaired) electrons. The zero-order chi connectivity index (χ0) is 9.52. The SMILES string of the molecule is CCCCCCN1CCNCC1O. The summed E-state index contributed by atoms with van der Waals surface area (Å²) >= 11 is 0. The van der Waals surface area contributed by atoms with E-state index in [4.69, 9.17) is 0 Å². The molecule has 0 aliphatic carbocycles. The van der Waals surface area contributed by atoms with Crippen molar-refractivity contribution in [2.24, 2.45) is 0 Å². The topological polar surface area (TPSA) is 35.5 Å². The molecule has 0 bridgehead atoms. The van der Waals surface area contributed by atoms with E-state index in [1.54, 1.807) is 0 Å². The third-order valence-corrected chi connectivity index (χ3v) is 2.62. The molecule has 13 heavy (non-hydrogen) atoms. The van der Waals surface area contributed by atoms with Crippen LogP contribution in [0, 0.1) is 0 Å². The Labute approximate surface area is 81.1 Å². The van der Waals surface area contributed by atoms with Crippen molar-refractivity contribution in [1.82, 2.24) is 10.2 Å². The van der Waals surface area contributed by atoms with Gasteiger partial charge < -0.3 is 10.4 Å². The van der Waals surface area contributed by atoms with Gasteiger partial charge in [0, 0.05) is 26.2 Å². The fourth-order valence-corrected chi connectivity index (χ4v) is 1.73. The second-order valence-corrected chi connectivity index (χ2v) is 3.78. The highest BCUT2D eigenvalue weighted by Crippen LogP contribution is 2.05. The molecule has 0 aromatic rings. The van der Waals surface area contributed by atoms with Crippen LogP contribution in [0.3, 0.4) is 0 Å². The Bertz CT molecular complexity index is 130. The van der Waals surface area contributed by atoms with Gasteiger partial charge in [0.25, 0.3) is 0 Å². The summed E-state index contributed by atoms with van der Waals surface area (Å²) in [4.78, 5) is 2.17. The fraction of sp³-hybridized carbons (Fsp3) is 1.00. The zero-order valence-corrected chi connectivity index (χ0v) is 8.63. The van der Waals surface area contributed by atoms with Crippen molar-refractivity contribution in [3.63, 3.8) is 0 Å². The van der Waals surface area contributed by atoms with Gasteiger partial charge >= 0.3 is 0 Å². The number of piperazine rings is 1. The Hall–Kier alpha value is -0.120. The quantitative estimate of drug-likeness (QED) is 0.623. The molecule has 3 heteroatoms. The molecule has 1 aliphatic heterocycles. The van der Waals surface area contributed by atoms with Gasteiger partial charge in [-0.2, -0.15) is 0 Å². The Morgan fingerprint density at radius 3 is 2.92 bits per heavy atom. The lowest BCUT2D eigenvalue weighted by atomic mass is 10.2. The molecule has 1 rings (SSSR count). The summed E-state index contributed by atoms with van der Waals surface area (Å²) in [5.41, 5.74) is 0. The summed E-state index contributed by atoms with van der Waals surface area (Å²) in [7, 11) is 0. The first-order valence-electron chi connectivity index (χ1n) is 5.47. The highest BCUT2D eigenvalue weighted by molar-refractivity contribution is 4.71. The predicted octanol–water partition coefficient (Wildman–Crippen LogP) is 0.790. The van der Waals surface area contributed by atoms with Gasteiger partial charge in [0.1, 0.15) is 6.23 Å². The first-order chi connectivity index (χ1) is 6.34. The van der Waals surface area contributed by atoms with Gasteiger partial charge in [-0.1, -0.05) is 26.2 Å². The molecule has 1 atom stereocenters. The van der Waals surface area contributed by atoms with Crippen LogP contribution in [0.5, 0.6) is 0 Å². The monoisotopic (exact) mass is 186 g/mol. The second-order valence-electron chi connectivity index (χ2n) is 3.78. The van der Waals surface area contributed by atoms with E-state index in [9.17, 15) is 5.11 Å². The standard InChI is InChI=1S/C10H22N2O/c1-2-3-4-5-7-12-8-6-11-9-10(12)13/h10-11,13H,2-9H2,1H3. The molecule has 1 aliphatic rings. The van der Waals surface area contributed by atoms with Crippen LogP contribution in [0.4, 0.5) is 0 Å². The number of nitrogens with zero attached hydrogens (tertiary/aromatic N) is 1. The van der Waals surface area contributed by atoms with Gasteiger partial charge in [-0.05, 0) is 6.42 Å². The zero-order valence-electron chi connectivity index (χ0n) is 8.63. The van der Waals surface area contributed by atoms with E-state index in [1.807, 2.05) is 0 Å². The maximum absolute atomic E-state index is 9.59. The van der Waals surface area contributed by atoms with E-state index in [2.05, 4.69) is 17.1 Å². The summed E-state index contributed by atoms with van der Waals surface area (Å²) in [6.45, 7) is 6.02. The minimum absolute atomic E-state index is 0.254. The van der Waals surface area contributed by atoms with E-state index >= 15 is 0 Å². The van der Waals surface area contributed by atoms with Gasteiger partial charge in [0.2, 0.25) is 0 Å². The number of rotatable bonds is 5. The minimum Gasteiger partial charge on any atom is -0.377 e. The molecule has 0 spiro atoms. The predicted molar refractivity (Wildman–Crippen MR) is 54.6 cm³/mol. The summed E-state index contributed by atoms with van der Waals surface area (Å²) < 4.78 is 0. The van der Waals surface area contributed by atoms with Crippen molar-refractivity contribution in [3.8, 4) is 0 Å². The van der Waals surface area contributed by atoms with Crippen molar-refractivity contribution in [2.45, 2.75) is 38.8 Å². The van der Waals surface area contributed by atoms with E-state index in [1.165, 1.54) is 25.7 Å². The molecule has 0 aromatic carbocycles. The fourth-order valence-electron chi connectivity index (χ4n) is 1.73. The van der Waals surface area contributed by atoms with Gasteiger partial charge in [0.05, 0.1) is 0 Å². The van der Waals surface area contributed by atoms with Crippen molar-refractivity contribution in [3.05, 3.63) is 0 Å². The molecule has 0 aromatic heterocycles. The normalized spacial score (nSPS) is 24.9. The highest BCUT2D eigenvalue weighted by atomic mass is 16.3. The summed E-state index contributed by atoms with van der Waals surface area (Å²) in [6, 6.07) is 0. The molecular formula is C10H22N2O. The number of unbranched alkanes of at least 4 members (excludes halogenated alkanes) is 3. The van der Waals surface area contributed by atoms with Crippen LogP contribution in [0.15, 0.2) is 0 Å². The molecule has 3 nitrogen and oxygen atoms in total. The molecule has 1 unspecified atom stereocenters. The van der Waals surface area contributed by atoms with E-state index in [-0.39, 0.29) is 6.23 Å². The smallest absolute Gasteiger partial charge is 0.120 e. The lowest BCUT2D eigenvalue weighted by Crippen LogP contribution is -2.51. The van der Waals surface area contributed by atoms with Gasteiger partial charge in [-0.15, -0.1) is 0 Å². The summed E-state index contributed by atoms with van der Waals surface area (Å²) in [5.74, 6) is 0. The van der Waals surface area contributed by atoms with Gasteiger partial charge in [-0.3, -0.25) is 4.90 Å². The Kier molecular flexibility index (Phi) is 5.35. The molecule has 2 N–H and O–H groups in total. The summed E-state index contributed by atoms with van der Waals surface area (Å²) in [6.07, 6.45) is 4.88. The number of hydrogen-bond acceptors (Lipinski definition) is 3. The lowest BCUT2D eigenvalue weighted by Gasteiger charge is -2.32. The van der Waals surface area contributed by atoms with Crippen LogP contribution >= 0.6 is 0 Å². The van der Waals surface area contributed by atoms with Crippen molar-refractivity contribution < 1.29 is 5.11 Å². The minimum atomic E-state index is -0.254. The van der Waals surface area contributed by atoms with Crippen molar-refractivity contribution in [2.75, 3.05) is 26.2 Å². The average molecular weight is 186 g/mol. The average Bonchev–Trinajstić information content (AvgIpc) is 2.15. The number of aliphatic hydroxyl groups is 1. The first-order valence-corrected chi connectivity index (χ1v) is 5.47. The lowest BCUT2D eigenvalue weighted by molar-refractivity contribution is -0.0133. The summed E-state index contributed by atoms with van der Waals surface area (Å²) in [5, 5.41) is 12.8. The molecule has 0 saturated carbocycles. The highest BCUT2D eigenvalue weighted by Gasteiger charge is 2.17. The molecule has 0 amide bonds. The third kappa shape index (κ3) is 4.07. The van der Waals surface area contributed by atoms with Gasteiger partial charge in [-0.25, -0.2) is 0 Å². The van der Waals surface area contributed by atoms with Crippen LogP contribution in [0.2, 0.25) is 0 Å². The van der Waals surface area contributed by atoms with Crippen LogP contribution in [0.1, 0.15) is 32.6 Å². The Morgan fingerprint density at radius 2 is 2.23 bits per heavy atom. The first kappa shape index (κ1) is 11.0. The maximum atomic E-state index is 9.59. The van der Waals surface area contributed by atoms with Crippen LogP contribution < -0.4 is 5.32 Å². The largest absolute Gasteiger partial charge is 0.377 e. The maximum Gasteiger partial charge on any atom is 0.120 e. The van der Waals surface area contributed by atoms with Crippen LogP contribution in [-0.4, -0.2) is 42.4 Å². The van der Waals surface area contributed by atoms with Crippen molar-refractivity contribution in [1.29, 1.82) is 0 Å². The molecule has 1 fully saturated rings. The van der Waals surface area contributed by atoms with E-state index in [0.717, 1.165) is 26.2 Å². The van der Waals surface area contributed by atoms with Crippen LogP contribution in [-0.2, 0) is 0 Å². The van der Waals surface area contributed by atoms with Gasteiger partial charge in [0.15, 0.2) is 0 Å². The third-order valence-electron chi connectivity index (χ3n) is 2.62. The molecule has 1 heterocycles. The number of aliphatic hydroxyl groups excluding tert-OH is 1. The molecular weight excluding hydrogens is 164 g/mol. The van der Waals surface area contributed by atoms with E-state index < -0.39 is 0 Å². The Morgan fingerprint density at radius 1 is 1.38 bits per heavy atom. The van der Waals surface area contributed by atoms with Crippen molar-refractivity contribution >= 4 is 0 Å². The molecule has 1 saturated heterocycles. The number of β-amino-alcohol motifs (C(OH)–C–C–N with tert-alkyl or cyclic N) is 1. The van der Waals surface area contributed by atoms with E-state index in [0.29, 0.717) is 0 Å². The Balaban J connectivity index is 2.05.